The Morgan fingerprint density at radius 1 is 1.30 bits per heavy atom. The van der Waals surface area contributed by atoms with E-state index in [0.29, 0.717) is 5.92 Å². The molecule has 4 nitrogen and oxygen atoms in total. The number of rotatable bonds is 7. The lowest BCUT2D eigenvalue weighted by Crippen LogP contribution is -2.19. The molecule has 0 bridgehead atoms. The first-order chi connectivity index (χ1) is 9.69. The summed E-state index contributed by atoms with van der Waals surface area (Å²) in [6.07, 6.45) is 3.67. The fourth-order valence-corrected chi connectivity index (χ4v) is 1.94. The molecule has 108 valence electrons. The molecule has 0 aliphatic carbocycles. The van der Waals surface area contributed by atoms with Gasteiger partial charge in [0.2, 0.25) is 0 Å². The van der Waals surface area contributed by atoms with E-state index < -0.39 is 0 Å². The van der Waals surface area contributed by atoms with E-state index in [9.17, 15) is 0 Å². The van der Waals surface area contributed by atoms with Crippen LogP contribution in [-0.4, -0.2) is 16.3 Å². The zero-order chi connectivity index (χ0) is 14.4. The molecule has 4 heteroatoms. The Bertz CT molecular complexity index is 534. The first kappa shape index (κ1) is 14.6. The van der Waals surface area contributed by atoms with E-state index in [-0.39, 0.29) is 0 Å². The Labute approximate surface area is 120 Å². The van der Waals surface area contributed by atoms with Crippen LogP contribution >= 0.6 is 0 Å². The molecule has 1 heterocycles. The average molecular weight is 273 g/mol. The molecule has 0 radical (unpaired) electrons. The number of aryl methyl sites for hydroxylation is 1. The van der Waals surface area contributed by atoms with Crippen molar-refractivity contribution >= 4 is 0 Å². The molecule has 1 aromatic carbocycles. The van der Waals surface area contributed by atoms with Gasteiger partial charge in [0.1, 0.15) is 5.75 Å². The summed E-state index contributed by atoms with van der Waals surface area (Å²) >= 11 is 0. The molecule has 20 heavy (non-hydrogen) atoms. The zero-order valence-electron chi connectivity index (χ0n) is 12.5. The second-order valence-electron chi connectivity index (χ2n) is 5.27. The topological polar surface area (TPSA) is 39.1 Å². The molecule has 0 aliphatic rings. The quantitative estimate of drug-likeness (QED) is 0.840. The molecule has 1 N–H and O–H groups in total. The summed E-state index contributed by atoms with van der Waals surface area (Å²) in [5.41, 5.74) is 1.16. The van der Waals surface area contributed by atoms with Gasteiger partial charge in [0.15, 0.2) is 5.75 Å². The lowest BCUT2D eigenvalue weighted by Gasteiger charge is -2.11. The highest BCUT2D eigenvalue weighted by molar-refractivity contribution is 5.36. The third kappa shape index (κ3) is 4.10. The molecule has 0 saturated carbocycles. The van der Waals surface area contributed by atoms with Gasteiger partial charge in [0.05, 0.1) is 12.4 Å². The van der Waals surface area contributed by atoms with Crippen LogP contribution in [0.25, 0.3) is 0 Å². The van der Waals surface area contributed by atoms with Crippen molar-refractivity contribution in [3.05, 3.63) is 42.2 Å². The minimum Gasteiger partial charge on any atom is -0.454 e. The molecule has 0 fully saturated rings. The molecule has 2 rings (SSSR count). The normalized spacial score (nSPS) is 11.0. The second kappa shape index (κ2) is 7.10. The van der Waals surface area contributed by atoms with Crippen LogP contribution in [0.1, 0.15) is 26.3 Å². The summed E-state index contributed by atoms with van der Waals surface area (Å²) in [6.45, 7) is 9.13. The zero-order valence-corrected chi connectivity index (χ0v) is 12.5. The Hall–Kier alpha value is -1.81. The van der Waals surface area contributed by atoms with Crippen molar-refractivity contribution in [1.82, 2.24) is 15.1 Å². The molecule has 0 spiro atoms. The molecule has 0 unspecified atom stereocenters. The van der Waals surface area contributed by atoms with Crippen molar-refractivity contribution in [2.45, 2.75) is 33.9 Å². The maximum absolute atomic E-state index is 5.93. The molecule has 0 saturated heterocycles. The predicted octanol–water partition coefficient (Wildman–Crippen LogP) is 3.44. The summed E-state index contributed by atoms with van der Waals surface area (Å²) < 4.78 is 7.78. The van der Waals surface area contributed by atoms with Gasteiger partial charge in [-0.25, -0.2) is 0 Å². The number of hydrogen-bond acceptors (Lipinski definition) is 3. The van der Waals surface area contributed by atoms with E-state index in [2.05, 4.69) is 37.3 Å². The van der Waals surface area contributed by atoms with Crippen molar-refractivity contribution in [3.8, 4) is 11.5 Å². The fraction of sp³-hybridized carbons (Fsp3) is 0.438. The van der Waals surface area contributed by atoms with Crippen LogP contribution in [0.5, 0.6) is 11.5 Å². The highest BCUT2D eigenvalue weighted by Gasteiger charge is 2.06. The van der Waals surface area contributed by atoms with Crippen molar-refractivity contribution in [1.29, 1.82) is 0 Å². The van der Waals surface area contributed by atoms with Gasteiger partial charge in [-0.3, -0.25) is 4.68 Å². The highest BCUT2D eigenvalue weighted by atomic mass is 16.5. The van der Waals surface area contributed by atoms with E-state index in [1.165, 1.54) is 0 Å². The van der Waals surface area contributed by atoms with Gasteiger partial charge in [-0.2, -0.15) is 5.10 Å². The van der Waals surface area contributed by atoms with Crippen LogP contribution in [0.15, 0.2) is 36.7 Å². The molecule has 2 aromatic rings. The summed E-state index contributed by atoms with van der Waals surface area (Å²) in [5, 5.41) is 7.66. The molecule has 0 atom stereocenters. The highest BCUT2D eigenvalue weighted by Crippen LogP contribution is 2.24. The van der Waals surface area contributed by atoms with Crippen molar-refractivity contribution in [3.63, 3.8) is 0 Å². The minimum atomic E-state index is 0.644. The smallest absolute Gasteiger partial charge is 0.165 e. The van der Waals surface area contributed by atoms with Gasteiger partial charge in [-0.1, -0.05) is 32.0 Å². The van der Waals surface area contributed by atoms with E-state index in [1.54, 1.807) is 6.20 Å². The maximum Gasteiger partial charge on any atom is 0.165 e. The van der Waals surface area contributed by atoms with Crippen LogP contribution < -0.4 is 10.1 Å². The van der Waals surface area contributed by atoms with E-state index in [1.807, 2.05) is 29.1 Å². The fourth-order valence-electron chi connectivity index (χ4n) is 1.94. The molecule has 0 aliphatic heterocycles. The van der Waals surface area contributed by atoms with Crippen LogP contribution in [-0.2, 0) is 13.1 Å². The SMILES string of the molecule is CCn1cc(Oc2ccccc2CNCC(C)C)cn1. The molecule has 0 amide bonds. The van der Waals surface area contributed by atoms with Gasteiger partial charge in [-0.05, 0) is 25.5 Å². The number of nitrogens with one attached hydrogen (secondary N) is 1. The van der Waals surface area contributed by atoms with Crippen LogP contribution in [0.4, 0.5) is 0 Å². The van der Waals surface area contributed by atoms with Gasteiger partial charge >= 0.3 is 0 Å². The summed E-state index contributed by atoms with van der Waals surface area (Å²) in [4.78, 5) is 0. The maximum atomic E-state index is 5.93. The summed E-state index contributed by atoms with van der Waals surface area (Å²) in [5.74, 6) is 2.31. The van der Waals surface area contributed by atoms with Crippen molar-refractivity contribution < 1.29 is 4.74 Å². The van der Waals surface area contributed by atoms with Gasteiger partial charge < -0.3 is 10.1 Å². The third-order valence-corrected chi connectivity index (χ3v) is 3.00. The lowest BCUT2D eigenvalue weighted by molar-refractivity contribution is 0.468. The Morgan fingerprint density at radius 2 is 2.10 bits per heavy atom. The third-order valence-electron chi connectivity index (χ3n) is 3.00. The van der Waals surface area contributed by atoms with E-state index >= 15 is 0 Å². The Kier molecular flexibility index (Phi) is 5.18. The second-order valence-corrected chi connectivity index (χ2v) is 5.27. The monoisotopic (exact) mass is 273 g/mol. The Morgan fingerprint density at radius 3 is 2.80 bits per heavy atom. The number of nitrogens with zero attached hydrogens (tertiary/aromatic N) is 2. The van der Waals surface area contributed by atoms with Gasteiger partial charge in [0.25, 0.3) is 0 Å². The first-order valence-electron chi connectivity index (χ1n) is 7.18. The number of aromatic nitrogens is 2. The van der Waals surface area contributed by atoms with Crippen LogP contribution in [0.2, 0.25) is 0 Å². The summed E-state index contributed by atoms with van der Waals surface area (Å²) in [6, 6.07) is 8.11. The van der Waals surface area contributed by atoms with Crippen LogP contribution in [0, 0.1) is 5.92 Å². The number of para-hydroxylation sites is 1. The van der Waals surface area contributed by atoms with E-state index in [4.69, 9.17) is 4.74 Å². The molecule has 1 aromatic heterocycles. The van der Waals surface area contributed by atoms with Crippen LogP contribution in [0.3, 0.4) is 0 Å². The molecular weight excluding hydrogens is 250 g/mol. The summed E-state index contributed by atoms with van der Waals surface area (Å²) in [7, 11) is 0. The average Bonchev–Trinajstić information content (AvgIpc) is 2.88. The number of ether oxygens (including phenoxy) is 1. The van der Waals surface area contributed by atoms with Crippen molar-refractivity contribution in [2.24, 2.45) is 5.92 Å². The standard InChI is InChI=1S/C16H23N3O/c1-4-19-12-15(11-18-19)20-16-8-6-5-7-14(16)10-17-9-13(2)3/h5-8,11-13,17H,4,9-10H2,1-3H3. The predicted molar refractivity (Wildman–Crippen MR) is 81.0 cm³/mol. The molecular formula is C16H23N3O. The number of benzene rings is 1. The van der Waals surface area contributed by atoms with Crippen molar-refractivity contribution in [2.75, 3.05) is 6.54 Å². The minimum absolute atomic E-state index is 0.644. The largest absolute Gasteiger partial charge is 0.454 e. The number of hydrogen-bond donors (Lipinski definition) is 1. The lowest BCUT2D eigenvalue weighted by atomic mass is 10.2. The Balaban J connectivity index is 2.03. The first-order valence-corrected chi connectivity index (χ1v) is 7.18. The van der Waals surface area contributed by atoms with Gasteiger partial charge in [-0.15, -0.1) is 0 Å². The van der Waals surface area contributed by atoms with E-state index in [0.717, 1.165) is 36.7 Å². The van der Waals surface area contributed by atoms with Gasteiger partial charge in [0, 0.05) is 18.7 Å².